The lowest BCUT2D eigenvalue weighted by molar-refractivity contribution is -0.145. The number of hydrogen-bond acceptors (Lipinski definition) is 4. The van der Waals surface area contributed by atoms with E-state index in [1.165, 1.54) is 4.31 Å². The minimum atomic E-state index is -3.67. The van der Waals surface area contributed by atoms with Crippen LogP contribution in [0, 0.1) is 6.92 Å². The van der Waals surface area contributed by atoms with Gasteiger partial charge in [0.1, 0.15) is 11.6 Å². The number of benzene rings is 1. The Morgan fingerprint density at radius 2 is 1.95 bits per heavy atom. The highest BCUT2D eigenvalue weighted by Gasteiger charge is 2.56. The maximum Gasteiger partial charge on any atom is 0.327 e. The van der Waals surface area contributed by atoms with E-state index in [1.807, 2.05) is 6.92 Å². The normalized spacial score (nSPS) is 30.3. The highest BCUT2D eigenvalue weighted by Crippen LogP contribution is 2.40. The van der Waals surface area contributed by atoms with Gasteiger partial charge in [0.15, 0.2) is 0 Å². The Hall–Kier alpha value is -1.40. The molecule has 0 spiro atoms. The molecule has 108 valence electrons. The van der Waals surface area contributed by atoms with E-state index in [2.05, 4.69) is 0 Å². The molecule has 20 heavy (non-hydrogen) atoms. The Bertz CT molecular complexity index is 652. The predicted molar refractivity (Wildman–Crippen MR) is 72.6 cm³/mol. The smallest absolute Gasteiger partial charge is 0.327 e. The Morgan fingerprint density at radius 1 is 1.30 bits per heavy atom. The van der Waals surface area contributed by atoms with Crippen molar-refractivity contribution in [2.24, 2.45) is 0 Å². The van der Waals surface area contributed by atoms with Crippen LogP contribution in [0.3, 0.4) is 0 Å². The number of esters is 1. The number of ether oxygens (including phenoxy) is 1. The van der Waals surface area contributed by atoms with Gasteiger partial charge < -0.3 is 4.74 Å². The molecule has 0 radical (unpaired) electrons. The number of nitrogens with zero attached hydrogens (tertiary/aromatic N) is 1. The molecule has 2 bridgehead atoms. The van der Waals surface area contributed by atoms with Gasteiger partial charge in [0.05, 0.1) is 4.90 Å². The van der Waals surface area contributed by atoms with Crippen molar-refractivity contribution >= 4 is 16.0 Å². The molecule has 0 aliphatic carbocycles. The van der Waals surface area contributed by atoms with E-state index in [-0.39, 0.29) is 11.0 Å². The van der Waals surface area contributed by atoms with Gasteiger partial charge in [-0.1, -0.05) is 17.7 Å². The van der Waals surface area contributed by atoms with Crippen molar-refractivity contribution in [1.29, 1.82) is 0 Å². The fraction of sp³-hybridized carbons (Fsp3) is 0.500. The van der Waals surface area contributed by atoms with Crippen LogP contribution >= 0.6 is 0 Å². The van der Waals surface area contributed by atoms with Crippen molar-refractivity contribution in [2.75, 3.05) is 6.54 Å². The minimum Gasteiger partial charge on any atom is -0.461 e. The molecule has 6 heteroatoms. The first-order chi connectivity index (χ1) is 9.34. The largest absolute Gasteiger partial charge is 0.461 e. The van der Waals surface area contributed by atoms with Crippen LogP contribution in [0.2, 0.25) is 0 Å². The van der Waals surface area contributed by atoms with Crippen LogP contribution in [-0.4, -0.2) is 36.9 Å². The number of sulfonamides is 1. The average Bonchev–Trinajstić information content (AvgIpc) is 2.59. The van der Waals surface area contributed by atoms with Gasteiger partial charge in [0.2, 0.25) is 10.0 Å². The third kappa shape index (κ3) is 1.86. The van der Waals surface area contributed by atoms with Gasteiger partial charge in [-0.25, -0.2) is 8.42 Å². The molecule has 2 aliphatic rings. The number of hydrogen-bond donors (Lipinski definition) is 0. The first-order valence-corrected chi connectivity index (χ1v) is 8.09. The lowest BCUT2D eigenvalue weighted by atomic mass is 9.93. The number of carbonyl (C=O) groups excluding carboxylic acids is 1. The molecule has 3 rings (SSSR count). The highest BCUT2D eigenvalue weighted by molar-refractivity contribution is 7.89. The monoisotopic (exact) mass is 295 g/mol. The summed E-state index contributed by atoms with van der Waals surface area (Å²) >= 11 is 0. The number of aryl methyl sites for hydroxylation is 1. The molecule has 5 nitrogen and oxygen atoms in total. The first kappa shape index (κ1) is 13.6. The number of carbonyl (C=O) groups is 1. The zero-order valence-corrected chi connectivity index (χ0v) is 12.3. The van der Waals surface area contributed by atoms with Gasteiger partial charge in [0, 0.05) is 13.0 Å². The average molecular weight is 295 g/mol. The third-order valence-corrected chi connectivity index (χ3v) is 6.19. The fourth-order valence-electron chi connectivity index (χ4n) is 2.94. The number of fused-ring (bicyclic) bond motifs is 2. The molecule has 0 aromatic heterocycles. The SMILES string of the molecule is Cc1ccc(S(=O)(=O)N2CC[C@H]3C[C@@]2(C)C(=O)O3)cc1. The van der Waals surface area contributed by atoms with E-state index in [0.717, 1.165) is 5.56 Å². The van der Waals surface area contributed by atoms with E-state index in [1.54, 1.807) is 31.2 Å². The molecule has 0 N–H and O–H groups in total. The maximum atomic E-state index is 12.8. The second kappa shape index (κ2) is 4.30. The van der Waals surface area contributed by atoms with Gasteiger partial charge in [-0.15, -0.1) is 0 Å². The van der Waals surface area contributed by atoms with Crippen LogP contribution in [0.25, 0.3) is 0 Å². The van der Waals surface area contributed by atoms with Crippen LogP contribution in [0.5, 0.6) is 0 Å². The number of rotatable bonds is 2. The van der Waals surface area contributed by atoms with Crippen LogP contribution in [-0.2, 0) is 19.6 Å². The summed E-state index contributed by atoms with van der Waals surface area (Å²) in [5.41, 5.74) is -0.0683. The van der Waals surface area contributed by atoms with Crippen LogP contribution < -0.4 is 0 Å². The van der Waals surface area contributed by atoms with Gasteiger partial charge in [-0.05, 0) is 32.4 Å². The van der Waals surface area contributed by atoms with Gasteiger partial charge in [-0.2, -0.15) is 4.31 Å². The molecule has 2 saturated heterocycles. The minimum absolute atomic E-state index is 0.142. The Balaban J connectivity index is 2.03. The summed E-state index contributed by atoms with van der Waals surface area (Å²) in [6.45, 7) is 3.88. The molecule has 2 fully saturated rings. The number of piperidine rings is 1. The lowest BCUT2D eigenvalue weighted by Crippen LogP contribution is -2.54. The summed E-state index contributed by atoms with van der Waals surface area (Å²) in [5, 5.41) is 0. The highest BCUT2D eigenvalue weighted by atomic mass is 32.2. The van der Waals surface area contributed by atoms with Crippen molar-refractivity contribution in [3.63, 3.8) is 0 Å². The molecule has 1 aromatic rings. The Morgan fingerprint density at radius 3 is 2.60 bits per heavy atom. The van der Waals surface area contributed by atoms with E-state index in [4.69, 9.17) is 4.74 Å². The van der Waals surface area contributed by atoms with E-state index in [9.17, 15) is 13.2 Å². The van der Waals surface area contributed by atoms with E-state index < -0.39 is 21.5 Å². The quantitative estimate of drug-likeness (QED) is 0.775. The zero-order chi connectivity index (χ0) is 14.5. The summed E-state index contributed by atoms with van der Waals surface area (Å²) < 4.78 is 32.0. The van der Waals surface area contributed by atoms with Gasteiger partial charge in [0.25, 0.3) is 0 Å². The Kier molecular flexibility index (Phi) is 2.92. The van der Waals surface area contributed by atoms with Gasteiger partial charge in [-0.3, -0.25) is 4.79 Å². The van der Waals surface area contributed by atoms with Crippen LogP contribution in [0.1, 0.15) is 25.3 Å². The molecule has 0 saturated carbocycles. The van der Waals surface area contributed by atoms with Crippen molar-refractivity contribution in [3.05, 3.63) is 29.8 Å². The molecule has 0 unspecified atom stereocenters. The molecule has 2 atom stereocenters. The summed E-state index contributed by atoms with van der Waals surface area (Å²) in [6, 6.07) is 6.69. The summed E-state index contributed by atoms with van der Waals surface area (Å²) in [7, 11) is -3.67. The van der Waals surface area contributed by atoms with Crippen LogP contribution in [0.4, 0.5) is 0 Å². The van der Waals surface area contributed by atoms with Crippen molar-refractivity contribution in [1.82, 2.24) is 4.31 Å². The van der Waals surface area contributed by atoms with Gasteiger partial charge >= 0.3 is 5.97 Å². The third-order valence-electron chi connectivity index (χ3n) is 4.15. The Labute approximate surface area is 118 Å². The predicted octanol–water partition coefficient (Wildman–Crippen LogP) is 1.46. The standard InChI is InChI=1S/C14H17NO4S/c1-10-3-5-12(6-4-10)20(17,18)15-8-7-11-9-14(15,2)13(16)19-11/h3-6,11H,7-9H2,1-2H3/t11-,14-/m0/s1. The molecule has 2 aliphatic heterocycles. The van der Waals surface area contributed by atoms with Crippen molar-refractivity contribution < 1.29 is 17.9 Å². The first-order valence-electron chi connectivity index (χ1n) is 6.65. The summed E-state index contributed by atoms with van der Waals surface area (Å²) in [5.74, 6) is -0.435. The molecular formula is C14H17NO4S. The zero-order valence-electron chi connectivity index (χ0n) is 11.5. The van der Waals surface area contributed by atoms with E-state index in [0.29, 0.717) is 19.4 Å². The topological polar surface area (TPSA) is 63.7 Å². The fourth-order valence-corrected chi connectivity index (χ4v) is 4.70. The van der Waals surface area contributed by atoms with Crippen LogP contribution in [0.15, 0.2) is 29.2 Å². The summed E-state index contributed by atoms with van der Waals surface area (Å²) in [6.07, 6.45) is 0.862. The van der Waals surface area contributed by atoms with E-state index >= 15 is 0 Å². The molecule has 2 heterocycles. The second-order valence-electron chi connectivity index (χ2n) is 5.68. The molecule has 1 aromatic carbocycles. The maximum absolute atomic E-state index is 12.8. The molecular weight excluding hydrogens is 278 g/mol. The second-order valence-corrected chi connectivity index (χ2v) is 7.55. The molecule has 0 amide bonds. The lowest BCUT2D eigenvalue weighted by Gasteiger charge is -2.36. The van der Waals surface area contributed by atoms with Crippen molar-refractivity contribution in [3.8, 4) is 0 Å². The van der Waals surface area contributed by atoms with Crippen molar-refractivity contribution in [2.45, 2.75) is 43.2 Å². The summed E-state index contributed by atoms with van der Waals surface area (Å²) in [4.78, 5) is 12.2.